The first kappa shape index (κ1) is 14.6. The molecule has 5 nitrogen and oxygen atoms in total. The molecule has 1 aromatic carbocycles. The molecule has 1 N–H and O–H groups in total. The first-order chi connectivity index (χ1) is 11.0. The van der Waals surface area contributed by atoms with E-state index in [0.29, 0.717) is 30.8 Å². The largest absolute Gasteiger partial charge is 0.293 e. The van der Waals surface area contributed by atoms with Gasteiger partial charge in [-0.2, -0.15) is 0 Å². The number of anilines is 1. The van der Waals surface area contributed by atoms with Crippen molar-refractivity contribution >= 4 is 23.5 Å². The molecule has 4 rings (SSSR count). The third-order valence-electron chi connectivity index (χ3n) is 4.80. The highest BCUT2D eigenvalue weighted by Gasteiger charge is 2.64. The fourth-order valence-corrected chi connectivity index (χ4v) is 3.37. The van der Waals surface area contributed by atoms with Crippen LogP contribution in [0.5, 0.6) is 0 Å². The zero-order chi connectivity index (χ0) is 16.0. The van der Waals surface area contributed by atoms with E-state index in [1.165, 1.54) is 0 Å². The molecule has 2 aromatic rings. The van der Waals surface area contributed by atoms with Crippen LogP contribution in [0.25, 0.3) is 0 Å². The molecule has 0 aliphatic heterocycles. The van der Waals surface area contributed by atoms with Gasteiger partial charge in [-0.25, -0.2) is 14.1 Å². The fraction of sp³-hybridized carbons (Fsp3) is 0.438. The van der Waals surface area contributed by atoms with E-state index in [1.807, 2.05) is 24.3 Å². The number of nitrogens with zero attached hydrogens (tertiary/aromatic N) is 3. The molecule has 0 radical (unpaired) electrons. The number of halogens is 2. The van der Waals surface area contributed by atoms with Crippen molar-refractivity contribution in [1.29, 1.82) is 0 Å². The van der Waals surface area contributed by atoms with Crippen molar-refractivity contribution in [3.05, 3.63) is 41.2 Å². The van der Waals surface area contributed by atoms with Gasteiger partial charge in [-0.3, -0.25) is 10.1 Å². The van der Waals surface area contributed by atoms with Gasteiger partial charge in [0.2, 0.25) is 11.9 Å². The average Bonchev–Trinajstić information content (AvgIpc) is 2.97. The van der Waals surface area contributed by atoms with E-state index in [1.54, 1.807) is 11.0 Å². The summed E-state index contributed by atoms with van der Waals surface area (Å²) in [6.45, 7) is 0.552. The minimum Gasteiger partial charge on any atom is -0.293 e. The van der Waals surface area contributed by atoms with E-state index >= 15 is 0 Å². The number of benzene rings is 1. The van der Waals surface area contributed by atoms with Crippen molar-refractivity contribution in [3.8, 4) is 0 Å². The number of amides is 1. The first-order valence-electron chi connectivity index (χ1n) is 7.63. The second-order valence-electron chi connectivity index (χ2n) is 6.52. The van der Waals surface area contributed by atoms with Crippen LogP contribution in [0, 0.1) is 11.3 Å². The Hall–Kier alpha value is -1.95. The number of hydrogen-bond donors (Lipinski definition) is 1. The molecule has 2 aliphatic carbocycles. The van der Waals surface area contributed by atoms with Crippen molar-refractivity contribution in [2.75, 3.05) is 5.32 Å². The van der Waals surface area contributed by atoms with Gasteiger partial charge in [-0.05, 0) is 37.0 Å². The third kappa shape index (κ3) is 2.83. The Bertz CT molecular complexity index is 739. The lowest BCUT2D eigenvalue weighted by atomic mass is 9.71. The van der Waals surface area contributed by atoms with Gasteiger partial charge in [-0.15, -0.1) is 5.10 Å². The second-order valence-corrected chi connectivity index (χ2v) is 6.96. The summed E-state index contributed by atoms with van der Waals surface area (Å²) < 4.78 is 14.8. The summed E-state index contributed by atoms with van der Waals surface area (Å²) in [6.07, 6.45) is 2.77. The molecule has 2 fully saturated rings. The molecule has 2 aliphatic rings. The predicted molar refractivity (Wildman–Crippen MR) is 83.9 cm³/mol. The monoisotopic (exact) mass is 334 g/mol. The lowest BCUT2D eigenvalue weighted by molar-refractivity contribution is -0.124. The molecule has 1 heterocycles. The molecule has 0 bridgehead atoms. The lowest BCUT2D eigenvalue weighted by Crippen LogP contribution is -2.37. The summed E-state index contributed by atoms with van der Waals surface area (Å²) in [7, 11) is 0. The summed E-state index contributed by atoms with van der Waals surface area (Å²) in [6, 6.07) is 7.47. The average molecular weight is 335 g/mol. The Morgan fingerprint density at radius 1 is 1.35 bits per heavy atom. The van der Waals surface area contributed by atoms with Crippen molar-refractivity contribution in [3.63, 3.8) is 0 Å². The third-order valence-corrected chi connectivity index (χ3v) is 5.05. The van der Waals surface area contributed by atoms with E-state index in [0.717, 1.165) is 5.56 Å². The van der Waals surface area contributed by atoms with Gasteiger partial charge >= 0.3 is 0 Å². The van der Waals surface area contributed by atoms with E-state index in [2.05, 4.69) is 15.4 Å². The van der Waals surface area contributed by atoms with Crippen LogP contribution < -0.4 is 5.32 Å². The smallest absolute Gasteiger partial charge is 0.248 e. The Balaban J connectivity index is 1.33. The number of carbonyl (C=O) groups is 1. The number of alkyl halides is 1. The van der Waals surface area contributed by atoms with E-state index in [-0.39, 0.29) is 23.2 Å². The van der Waals surface area contributed by atoms with Gasteiger partial charge in [-0.1, -0.05) is 23.7 Å². The summed E-state index contributed by atoms with van der Waals surface area (Å²) in [5.41, 5.74) is 0.865. The highest BCUT2D eigenvalue weighted by atomic mass is 35.5. The molecule has 1 amide bonds. The van der Waals surface area contributed by atoms with Gasteiger partial charge in [0.15, 0.2) is 0 Å². The fourth-order valence-electron chi connectivity index (χ4n) is 3.24. The van der Waals surface area contributed by atoms with Crippen LogP contribution in [0.2, 0.25) is 5.02 Å². The minimum atomic E-state index is -0.705. The van der Waals surface area contributed by atoms with Gasteiger partial charge in [0.05, 0.1) is 6.54 Å². The minimum absolute atomic E-state index is 0.112. The van der Waals surface area contributed by atoms with Crippen LogP contribution in [-0.2, 0) is 11.3 Å². The maximum Gasteiger partial charge on any atom is 0.248 e. The number of nitrogens with one attached hydrogen (secondary N) is 1. The van der Waals surface area contributed by atoms with Gasteiger partial charge in [0.1, 0.15) is 12.5 Å². The predicted octanol–water partition coefficient (Wildman–Crippen LogP) is 3.06. The van der Waals surface area contributed by atoms with Gasteiger partial charge in [0, 0.05) is 16.4 Å². The Kier molecular flexibility index (Phi) is 3.37. The zero-order valence-corrected chi connectivity index (χ0v) is 13.1. The van der Waals surface area contributed by atoms with Crippen LogP contribution in [0.1, 0.15) is 24.8 Å². The van der Waals surface area contributed by atoms with E-state index < -0.39 is 6.17 Å². The van der Waals surface area contributed by atoms with E-state index in [9.17, 15) is 9.18 Å². The SMILES string of the molecule is O=C(Nc1ncn(Cc2ccc(Cl)cc2)n1)C1CC2(C1)CC2F. The highest BCUT2D eigenvalue weighted by Crippen LogP contribution is 2.64. The van der Waals surface area contributed by atoms with Crippen LogP contribution in [0.3, 0.4) is 0 Å². The standard InChI is InChI=1S/C16H16ClFN4O/c17-12-3-1-10(2-4-12)8-22-9-19-15(21-22)20-14(23)11-5-16(6-11)7-13(16)18/h1-4,9,11,13H,5-8H2,(H,20,21,23). The topological polar surface area (TPSA) is 59.8 Å². The quantitative estimate of drug-likeness (QED) is 0.934. The molecule has 1 unspecified atom stereocenters. The number of hydrogen-bond acceptors (Lipinski definition) is 3. The normalized spacial score (nSPS) is 28.4. The highest BCUT2D eigenvalue weighted by molar-refractivity contribution is 6.30. The Morgan fingerprint density at radius 2 is 2.04 bits per heavy atom. The number of carbonyl (C=O) groups excluding carboxylic acids is 1. The summed E-state index contributed by atoms with van der Waals surface area (Å²) in [4.78, 5) is 16.2. The molecule has 120 valence electrons. The van der Waals surface area contributed by atoms with Crippen molar-refractivity contribution in [2.45, 2.75) is 32.0 Å². The van der Waals surface area contributed by atoms with Crippen molar-refractivity contribution in [2.24, 2.45) is 11.3 Å². The first-order valence-corrected chi connectivity index (χ1v) is 8.01. The molecule has 1 atom stereocenters. The molecule has 7 heteroatoms. The molecule has 0 saturated heterocycles. The van der Waals surface area contributed by atoms with Gasteiger partial charge < -0.3 is 0 Å². The van der Waals surface area contributed by atoms with Crippen LogP contribution >= 0.6 is 11.6 Å². The summed E-state index contributed by atoms with van der Waals surface area (Å²) in [5.74, 6) is 0.0652. The molecule has 1 aromatic heterocycles. The summed E-state index contributed by atoms with van der Waals surface area (Å²) in [5, 5.41) is 7.64. The second kappa shape index (κ2) is 5.30. The molecule has 1 spiro atoms. The molecule has 2 saturated carbocycles. The molecule has 23 heavy (non-hydrogen) atoms. The Labute approximate surface area is 137 Å². The zero-order valence-electron chi connectivity index (χ0n) is 12.4. The lowest BCUT2D eigenvalue weighted by Gasteiger charge is -2.33. The Morgan fingerprint density at radius 3 is 2.70 bits per heavy atom. The maximum absolute atomic E-state index is 13.1. The van der Waals surface area contributed by atoms with Gasteiger partial charge in [0.25, 0.3) is 0 Å². The van der Waals surface area contributed by atoms with Crippen LogP contribution in [-0.4, -0.2) is 26.8 Å². The number of rotatable bonds is 4. The van der Waals surface area contributed by atoms with Crippen LogP contribution in [0.15, 0.2) is 30.6 Å². The number of aromatic nitrogens is 3. The molecular formula is C16H16ClFN4O. The molecular weight excluding hydrogens is 319 g/mol. The van der Waals surface area contributed by atoms with Crippen LogP contribution in [0.4, 0.5) is 10.3 Å². The summed E-state index contributed by atoms with van der Waals surface area (Å²) >= 11 is 5.85. The van der Waals surface area contributed by atoms with Crippen molar-refractivity contribution in [1.82, 2.24) is 14.8 Å². The van der Waals surface area contributed by atoms with Crippen molar-refractivity contribution < 1.29 is 9.18 Å². The van der Waals surface area contributed by atoms with E-state index in [4.69, 9.17) is 11.6 Å². The maximum atomic E-state index is 13.1.